The molecule has 0 aliphatic rings. The van der Waals surface area contributed by atoms with Crippen LogP contribution in [0.3, 0.4) is 0 Å². The fraction of sp³-hybridized carbons (Fsp3) is 0.167. The molecule has 1 amide bonds. The molecule has 0 aliphatic carbocycles. The van der Waals surface area contributed by atoms with Crippen LogP contribution in [0.25, 0.3) is 22.6 Å². The zero-order chi connectivity index (χ0) is 22.9. The summed E-state index contributed by atoms with van der Waals surface area (Å²) in [5.41, 5.74) is 1.51. The van der Waals surface area contributed by atoms with Crippen LogP contribution >= 0.6 is 0 Å². The third kappa shape index (κ3) is 4.50. The van der Waals surface area contributed by atoms with Gasteiger partial charge in [0.1, 0.15) is 5.52 Å². The Morgan fingerprint density at radius 3 is 2.41 bits per heavy atom. The number of aromatic nitrogens is 1. The SMILES string of the molecule is CN(C[C@@H](O)c1ccccc1)C(=O)c1ccc2oc(-c3ccc(C(F)(F)F)cc3)nc2c1. The minimum atomic E-state index is -4.42. The molecule has 0 saturated heterocycles. The van der Waals surface area contributed by atoms with E-state index in [2.05, 4.69) is 4.98 Å². The molecule has 1 N–H and O–H groups in total. The van der Waals surface area contributed by atoms with Gasteiger partial charge in [0.2, 0.25) is 5.89 Å². The predicted molar refractivity (Wildman–Crippen MR) is 113 cm³/mol. The second-order valence-electron chi connectivity index (χ2n) is 7.39. The Kier molecular flexibility index (Phi) is 5.71. The maximum Gasteiger partial charge on any atom is 0.416 e. The summed E-state index contributed by atoms with van der Waals surface area (Å²) in [4.78, 5) is 18.5. The van der Waals surface area contributed by atoms with Crippen molar-refractivity contribution in [3.05, 3.63) is 89.5 Å². The Bertz CT molecular complexity index is 1240. The zero-order valence-corrected chi connectivity index (χ0v) is 17.0. The van der Waals surface area contributed by atoms with E-state index in [4.69, 9.17) is 4.42 Å². The smallest absolute Gasteiger partial charge is 0.416 e. The first-order chi connectivity index (χ1) is 15.2. The summed E-state index contributed by atoms with van der Waals surface area (Å²) >= 11 is 0. The minimum absolute atomic E-state index is 0.108. The topological polar surface area (TPSA) is 66.6 Å². The van der Waals surface area contributed by atoms with E-state index in [1.165, 1.54) is 17.0 Å². The summed E-state index contributed by atoms with van der Waals surface area (Å²) in [7, 11) is 1.59. The first kappa shape index (κ1) is 21.6. The predicted octanol–water partition coefficient (Wildman–Crippen LogP) is 5.32. The number of rotatable bonds is 5. The maximum absolute atomic E-state index is 12.8. The largest absolute Gasteiger partial charge is 0.436 e. The molecule has 0 bridgehead atoms. The monoisotopic (exact) mass is 440 g/mol. The summed E-state index contributed by atoms with van der Waals surface area (Å²) in [6.07, 6.45) is -5.25. The number of halogens is 3. The van der Waals surface area contributed by atoms with Crippen molar-refractivity contribution in [2.24, 2.45) is 0 Å². The number of aliphatic hydroxyl groups excluding tert-OH is 1. The van der Waals surface area contributed by atoms with Crippen molar-refractivity contribution >= 4 is 17.0 Å². The van der Waals surface area contributed by atoms with Gasteiger partial charge in [0, 0.05) is 18.2 Å². The second kappa shape index (κ2) is 8.47. The Morgan fingerprint density at radius 2 is 1.75 bits per heavy atom. The summed E-state index contributed by atoms with van der Waals surface area (Å²) in [5.74, 6) is -0.146. The molecule has 5 nitrogen and oxygen atoms in total. The Balaban J connectivity index is 1.53. The summed E-state index contributed by atoms with van der Waals surface area (Å²) in [6, 6.07) is 18.3. The van der Waals surface area contributed by atoms with Gasteiger partial charge in [0.05, 0.1) is 18.2 Å². The lowest BCUT2D eigenvalue weighted by Crippen LogP contribution is -2.31. The molecule has 0 spiro atoms. The molecule has 0 radical (unpaired) electrons. The molecule has 164 valence electrons. The van der Waals surface area contributed by atoms with Crippen LogP contribution in [0.4, 0.5) is 13.2 Å². The van der Waals surface area contributed by atoms with E-state index < -0.39 is 17.8 Å². The number of nitrogens with zero attached hydrogens (tertiary/aromatic N) is 2. The number of aliphatic hydroxyl groups is 1. The standard InChI is InChI=1S/C24H19F3N2O3/c1-29(14-20(30)15-5-3-2-4-6-15)23(31)17-9-12-21-19(13-17)28-22(32-21)16-7-10-18(11-8-16)24(25,26)27/h2-13,20,30H,14H2,1H3/t20-/m1/s1. The zero-order valence-electron chi connectivity index (χ0n) is 17.0. The molecule has 1 heterocycles. The fourth-order valence-corrected chi connectivity index (χ4v) is 3.33. The number of benzene rings is 3. The Labute approximate surface area is 181 Å². The third-order valence-electron chi connectivity index (χ3n) is 5.07. The molecular formula is C24H19F3N2O3. The van der Waals surface area contributed by atoms with E-state index in [0.717, 1.165) is 12.1 Å². The van der Waals surface area contributed by atoms with Crippen LogP contribution in [-0.4, -0.2) is 34.5 Å². The normalized spacial score (nSPS) is 12.7. The van der Waals surface area contributed by atoms with Gasteiger partial charge in [-0.3, -0.25) is 4.79 Å². The maximum atomic E-state index is 12.8. The average Bonchev–Trinajstić information content (AvgIpc) is 3.22. The van der Waals surface area contributed by atoms with Crippen molar-refractivity contribution < 1.29 is 27.5 Å². The fourth-order valence-electron chi connectivity index (χ4n) is 3.33. The lowest BCUT2D eigenvalue weighted by atomic mass is 10.1. The van der Waals surface area contributed by atoms with Crippen molar-refractivity contribution in [3.63, 3.8) is 0 Å². The highest BCUT2D eigenvalue weighted by Gasteiger charge is 2.30. The molecule has 4 rings (SSSR count). The molecule has 0 aliphatic heterocycles. The van der Waals surface area contributed by atoms with Crippen molar-refractivity contribution in [3.8, 4) is 11.5 Å². The Morgan fingerprint density at radius 1 is 1.06 bits per heavy atom. The number of hydrogen-bond donors (Lipinski definition) is 1. The van der Waals surface area contributed by atoms with Gasteiger partial charge in [0.25, 0.3) is 5.91 Å². The van der Waals surface area contributed by atoms with Crippen LogP contribution in [-0.2, 0) is 6.18 Å². The molecule has 1 aromatic heterocycles. The molecule has 3 aromatic carbocycles. The molecule has 8 heteroatoms. The molecule has 0 unspecified atom stereocenters. The van der Waals surface area contributed by atoms with Crippen LogP contribution in [0.5, 0.6) is 0 Å². The number of oxazole rings is 1. The molecule has 4 aromatic rings. The first-order valence-corrected chi connectivity index (χ1v) is 9.79. The molecule has 0 saturated carbocycles. The number of alkyl halides is 3. The highest BCUT2D eigenvalue weighted by Crippen LogP contribution is 2.32. The van der Waals surface area contributed by atoms with Crippen LogP contribution in [0, 0.1) is 0 Å². The van der Waals surface area contributed by atoms with Crippen molar-refractivity contribution in [2.45, 2.75) is 12.3 Å². The van der Waals surface area contributed by atoms with Crippen LogP contribution < -0.4 is 0 Å². The van der Waals surface area contributed by atoms with Gasteiger partial charge >= 0.3 is 6.18 Å². The number of carbonyl (C=O) groups excluding carboxylic acids is 1. The summed E-state index contributed by atoms with van der Waals surface area (Å²) in [6.45, 7) is 0.108. The van der Waals surface area contributed by atoms with Gasteiger partial charge < -0.3 is 14.4 Å². The quantitative estimate of drug-likeness (QED) is 0.456. The van der Waals surface area contributed by atoms with Gasteiger partial charge in [-0.1, -0.05) is 30.3 Å². The van der Waals surface area contributed by atoms with Gasteiger partial charge in [-0.15, -0.1) is 0 Å². The lowest BCUT2D eigenvalue weighted by Gasteiger charge is -2.21. The third-order valence-corrected chi connectivity index (χ3v) is 5.07. The number of hydrogen-bond acceptors (Lipinski definition) is 4. The van der Waals surface area contributed by atoms with Gasteiger partial charge in [-0.25, -0.2) is 4.98 Å². The first-order valence-electron chi connectivity index (χ1n) is 9.79. The van der Waals surface area contributed by atoms with E-state index in [0.29, 0.717) is 27.8 Å². The number of carbonyl (C=O) groups is 1. The van der Waals surface area contributed by atoms with Crippen LogP contribution in [0.1, 0.15) is 27.6 Å². The molecule has 0 fully saturated rings. The van der Waals surface area contributed by atoms with E-state index in [1.54, 1.807) is 37.4 Å². The highest BCUT2D eigenvalue weighted by molar-refractivity contribution is 5.97. The summed E-state index contributed by atoms with van der Waals surface area (Å²) < 4.78 is 43.9. The molecule has 32 heavy (non-hydrogen) atoms. The van der Waals surface area contributed by atoms with E-state index >= 15 is 0 Å². The minimum Gasteiger partial charge on any atom is -0.436 e. The van der Waals surface area contributed by atoms with E-state index in [1.807, 2.05) is 18.2 Å². The molecule has 1 atom stereocenters. The van der Waals surface area contributed by atoms with Crippen molar-refractivity contribution in [1.29, 1.82) is 0 Å². The number of likely N-dealkylation sites (N-methyl/N-ethyl adjacent to an activating group) is 1. The number of amides is 1. The molecular weight excluding hydrogens is 421 g/mol. The van der Waals surface area contributed by atoms with Crippen molar-refractivity contribution in [1.82, 2.24) is 9.88 Å². The van der Waals surface area contributed by atoms with Gasteiger partial charge in [-0.05, 0) is 48.0 Å². The van der Waals surface area contributed by atoms with E-state index in [9.17, 15) is 23.1 Å². The van der Waals surface area contributed by atoms with E-state index in [-0.39, 0.29) is 18.3 Å². The second-order valence-corrected chi connectivity index (χ2v) is 7.39. The number of fused-ring (bicyclic) bond motifs is 1. The highest BCUT2D eigenvalue weighted by atomic mass is 19.4. The van der Waals surface area contributed by atoms with Crippen molar-refractivity contribution in [2.75, 3.05) is 13.6 Å². The van der Waals surface area contributed by atoms with Crippen LogP contribution in [0.2, 0.25) is 0 Å². The Hall–Kier alpha value is -3.65. The van der Waals surface area contributed by atoms with Gasteiger partial charge in [0.15, 0.2) is 5.58 Å². The van der Waals surface area contributed by atoms with Crippen LogP contribution in [0.15, 0.2) is 77.2 Å². The average molecular weight is 440 g/mol. The summed E-state index contributed by atoms with van der Waals surface area (Å²) in [5, 5.41) is 10.4. The van der Waals surface area contributed by atoms with Gasteiger partial charge in [-0.2, -0.15) is 13.2 Å². The lowest BCUT2D eigenvalue weighted by molar-refractivity contribution is -0.137.